The summed E-state index contributed by atoms with van der Waals surface area (Å²) in [5.74, 6) is 0.736. The van der Waals surface area contributed by atoms with Gasteiger partial charge in [0.2, 0.25) is 0 Å². The summed E-state index contributed by atoms with van der Waals surface area (Å²) >= 11 is 1.40. The molecule has 0 spiro atoms. The maximum Gasteiger partial charge on any atom is 0.262 e. The summed E-state index contributed by atoms with van der Waals surface area (Å²) in [6.07, 6.45) is 1.95. The Morgan fingerprint density at radius 1 is 1.32 bits per heavy atom. The smallest absolute Gasteiger partial charge is 0.262 e. The number of thioether (sulfide) groups is 1. The van der Waals surface area contributed by atoms with Crippen molar-refractivity contribution < 1.29 is 13.9 Å². The van der Waals surface area contributed by atoms with Gasteiger partial charge in [-0.25, -0.2) is 9.37 Å². The largest absolute Gasteiger partial charge is 0.496 e. The van der Waals surface area contributed by atoms with Gasteiger partial charge < -0.3 is 9.47 Å². The molecular weight excluding hydrogens is 379 g/mol. The fraction of sp³-hybridized carbons (Fsp3) is 0.333. The van der Waals surface area contributed by atoms with Gasteiger partial charge in [-0.15, -0.1) is 0 Å². The van der Waals surface area contributed by atoms with Crippen LogP contribution in [0, 0.1) is 5.82 Å². The van der Waals surface area contributed by atoms with Crippen LogP contribution in [0.1, 0.15) is 18.4 Å². The van der Waals surface area contributed by atoms with Crippen molar-refractivity contribution in [2.75, 3.05) is 13.7 Å². The number of methoxy groups -OCH3 is 1. The molecule has 146 valence electrons. The highest BCUT2D eigenvalue weighted by atomic mass is 32.2. The molecule has 0 aliphatic carbocycles. The Labute approximate surface area is 166 Å². The standard InChI is InChI=1S/C21H21FN2O3S/c1-26-19-9-8-15(22)11-14(19)13-28-21-23-18-7-3-2-6-17(18)20(25)24(21)12-16-5-4-10-27-16/h2-3,6-9,11,16H,4-5,10,12-13H2,1H3. The Hall–Kier alpha value is -2.38. The second-order valence-corrected chi connectivity index (χ2v) is 7.65. The van der Waals surface area contributed by atoms with Crippen LogP contribution in [-0.4, -0.2) is 29.4 Å². The third-order valence-electron chi connectivity index (χ3n) is 4.84. The lowest BCUT2D eigenvalue weighted by Gasteiger charge is -2.17. The van der Waals surface area contributed by atoms with Crippen molar-refractivity contribution in [3.63, 3.8) is 0 Å². The zero-order valence-corrected chi connectivity index (χ0v) is 16.4. The molecule has 3 aromatic rings. The molecule has 5 nitrogen and oxygen atoms in total. The molecule has 0 N–H and O–H groups in total. The van der Waals surface area contributed by atoms with Crippen molar-refractivity contribution in [3.8, 4) is 5.75 Å². The summed E-state index contributed by atoms with van der Waals surface area (Å²) in [5.41, 5.74) is 1.30. The van der Waals surface area contributed by atoms with E-state index in [-0.39, 0.29) is 17.5 Å². The van der Waals surface area contributed by atoms with Gasteiger partial charge in [-0.2, -0.15) is 0 Å². The van der Waals surface area contributed by atoms with Crippen LogP contribution >= 0.6 is 11.8 Å². The Morgan fingerprint density at radius 3 is 2.96 bits per heavy atom. The van der Waals surface area contributed by atoms with Gasteiger partial charge in [0.05, 0.1) is 30.7 Å². The molecule has 1 aliphatic rings. The molecule has 0 bridgehead atoms. The van der Waals surface area contributed by atoms with Crippen LogP contribution in [0.5, 0.6) is 5.75 Å². The fourth-order valence-corrected chi connectivity index (χ4v) is 4.40. The van der Waals surface area contributed by atoms with E-state index in [0.717, 1.165) is 25.0 Å². The number of hydrogen-bond acceptors (Lipinski definition) is 5. The molecule has 2 heterocycles. The molecule has 2 aromatic carbocycles. The first-order chi connectivity index (χ1) is 13.7. The molecule has 1 aliphatic heterocycles. The van der Waals surface area contributed by atoms with Crippen LogP contribution in [0.3, 0.4) is 0 Å². The number of nitrogens with zero attached hydrogens (tertiary/aromatic N) is 2. The topological polar surface area (TPSA) is 53.3 Å². The van der Waals surface area contributed by atoms with E-state index >= 15 is 0 Å². The number of aromatic nitrogens is 2. The molecule has 28 heavy (non-hydrogen) atoms. The molecular formula is C21H21FN2O3S. The van der Waals surface area contributed by atoms with E-state index in [1.807, 2.05) is 18.2 Å². The average Bonchev–Trinajstić information content (AvgIpc) is 3.22. The molecule has 7 heteroatoms. The molecule has 1 fully saturated rings. The summed E-state index contributed by atoms with van der Waals surface area (Å²) in [6, 6.07) is 11.8. The number of hydrogen-bond donors (Lipinski definition) is 0. The van der Waals surface area contributed by atoms with E-state index in [1.54, 1.807) is 23.8 Å². The third kappa shape index (κ3) is 3.91. The summed E-state index contributed by atoms with van der Waals surface area (Å²) in [5, 5.41) is 1.19. The monoisotopic (exact) mass is 400 g/mol. The lowest BCUT2D eigenvalue weighted by Crippen LogP contribution is -2.28. The first kappa shape index (κ1) is 19.0. The number of benzene rings is 2. The number of halogens is 1. The second-order valence-electron chi connectivity index (χ2n) is 6.71. The van der Waals surface area contributed by atoms with E-state index in [2.05, 4.69) is 0 Å². The molecule has 1 saturated heterocycles. The first-order valence-corrected chi connectivity index (χ1v) is 10.2. The summed E-state index contributed by atoms with van der Waals surface area (Å²) in [6.45, 7) is 1.20. The SMILES string of the molecule is COc1ccc(F)cc1CSc1nc2ccccc2c(=O)n1CC1CCCO1. The Balaban J connectivity index is 1.70. The molecule has 0 radical (unpaired) electrons. The van der Waals surface area contributed by atoms with Gasteiger partial charge in [0, 0.05) is 17.9 Å². The Kier molecular flexibility index (Phi) is 5.64. The highest BCUT2D eigenvalue weighted by Gasteiger charge is 2.20. The number of fused-ring (bicyclic) bond motifs is 1. The molecule has 1 aromatic heterocycles. The van der Waals surface area contributed by atoms with Crippen molar-refractivity contribution in [1.82, 2.24) is 9.55 Å². The lowest BCUT2D eigenvalue weighted by molar-refractivity contribution is 0.0937. The van der Waals surface area contributed by atoms with Crippen molar-refractivity contribution in [1.29, 1.82) is 0 Å². The maximum absolute atomic E-state index is 13.7. The highest BCUT2D eigenvalue weighted by Crippen LogP contribution is 2.28. The predicted molar refractivity (Wildman–Crippen MR) is 107 cm³/mol. The van der Waals surface area contributed by atoms with Crippen LogP contribution in [-0.2, 0) is 17.0 Å². The second kappa shape index (κ2) is 8.32. The Morgan fingerprint density at radius 2 is 2.18 bits per heavy atom. The van der Waals surface area contributed by atoms with E-state index in [4.69, 9.17) is 14.5 Å². The van der Waals surface area contributed by atoms with Gasteiger partial charge in [0.25, 0.3) is 5.56 Å². The van der Waals surface area contributed by atoms with Gasteiger partial charge in [-0.3, -0.25) is 9.36 Å². The van der Waals surface area contributed by atoms with Crippen molar-refractivity contribution in [2.24, 2.45) is 0 Å². The minimum atomic E-state index is -0.320. The minimum Gasteiger partial charge on any atom is -0.496 e. The van der Waals surface area contributed by atoms with Crippen molar-refractivity contribution in [2.45, 2.75) is 36.4 Å². The van der Waals surface area contributed by atoms with E-state index in [1.165, 1.54) is 23.9 Å². The van der Waals surface area contributed by atoms with Crippen LogP contribution in [0.25, 0.3) is 10.9 Å². The molecule has 0 saturated carbocycles. The van der Waals surface area contributed by atoms with Crippen molar-refractivity contribution >= 4 is 22.7 Å². The van der Waals surface area contributed by atoms with Crippen LogP contribution in [0.15, 0.2) is 52.4 Å². The van der Waals surface area contributed by atoms with Gasteiger partial charge in [0.1, 0.15) is 11.6 Å². The lowest BCUT2D eigenvalue weighted by atomic mass is 10.2. The van der Waals surface area contributed by atoms with Crippen LogP contribution in [0.4, 0.5) is 4.39 Å². The zero-order valence-electron chi connectivity index (χ0n) is 15.6. The van der Waals surface area contributed by atoms with Gasteiger partial charge in [-0.1, -0.05) is 23.9 Å². The van der Waals surface area contributed by atoms with Gasteiger partial charge >= 0.3 is 0 Å². The predicted octanol–water partition coefficient (Wildman–Crippen LogP) is 4.02. The minimum absolute atomic E-state index is 0.0173. The fourth-order valence-electron chi connectivity index (χ4n) is 3.41. The van der Waals surface area contributed by atoms with Gasteiger partial charge in [0.15, 0.2) is 5.16 Å². The molecule has 0 amide bonds. The number of para-hydroxylation sites is 1. The first-order valence-electron chi connectivity index (χ1n) is 9.22. The normalized spacial score (nSPS) is 16.6. The number of rotatable bonds is 6. The van der Waals surface area contributed by atoms with E-state index in [9.17, 15) is 9.18 Å². The van der Waals surface area contributed by atoms with Crippen LogP contribution in [0.2, 0.25) is 0 Å². The molecule has 1 unspecified atom stereocenters. The van der Waals surface area contributed by atoms with E-state index < -0.39 is 0 Å². The molecule has 4 rings (SSSR count). The summed E-state index contributed by atoms with van der Waals surface area (Å²) in [4.78, 5) is 17.8. The van der Waals surface area contributed by atoms with Crippen LogP contribution < -0.4 is 10.3 Å². The highest BCUT2D eigenvalue weighted by molar-refractivity contribution is 7.98. The average molecular weight is 400 g/mol. The third-order valence-corrected chi connectivity index (χ3v) is 5.86. The zero-order chi connectivity index (χ0) is 19.5. The van der Waals surface area contributed by atoms with Gasteiger partial charge in [-0.05, 0) is 43.2 Å². The number of ether oxygens (including phenoxy) is 2. The summed E-state index contributed by atoms with van der Waals surface area (Å²) < 4.78 is 26.4. The maximum atomic E-state index is 13.7. The van der Waals surface area contributed by atoms with Crippen molar-refractivity contribution in [3.05, 3.63) is 64.2 Å². The molecule has 1 atom stereocenters. The quantitative estimate of drug-likeness (QED) is 0.462. The Bertz CT molecular complexity index is 1050. The summed E-state index contributed by atoms with van der Waals surface area (Å²) in [7, 11) is 1.56. The van der Waals surface area contributed by atoms with E-state index in [0.29, 0.717) is 34.1 Å².